The second kappa shape index (κ2) is 9.82. The number of amides is 1. The molecule has 1 saturated carbocycles. The van der Waals surface area contributed by atoms with Crippen LogP contribution in [0.15, 0.2) is 41.7 Å². The number of nitrogens with zero attached hydrogens (tertiary/aromatic N) is 6. The second-order valence-corrected chi connectivity index (χ2v) is 15.4. The summed E-state index contributed by atoms with van der Waals surface area (Å²) in [4.78, 5) is 20.5. The van der Waals surface area contributed by atoms with Crippen LogP contribution in [0.1, 0.15) is 77.6 Å². The van der Waals surface area contributed by atoms with E-state index >= 15 is 0 Å². The van der Waals surface area contributed by atoms with Crippen LogP contribution in [0.4, 0.5) is 5.82 Å². The zero-order valence-corrected chi connectivity index (χ0v) is 26.1. The largest absolute Gasteiger partial charge is 0.477 e. The molecule has 0 spiro atoms. The summed E-state index contributed by atoms with van der Waals surface area (Å²) in [5.41, 5.74) is 0.519. The van der Waals surface area contributed by atoms with Crippen LogP contribution in [0.2, 0.25) is 0 Å². The number of aryl methyl sites for hydroxylation is 1. The van der Waals surface area contributed by atoms with Crippen LogP contribution in [-0.2, 0) is 16.6 Å². The standard InChI is InChI=1S/C30H41N7O4S/c1-28(2)18-20-8-7-14-35-15-12-25(33-35)42(39,40)34-27(38)21-9-10-23(31-26(21)36(28)19-20)37-16-11-24(32-37)41-17-13-22-29(3,4)30(22,5)6/h9-12,15-16,20,22H,7-8,13-14,17-19H2,1-6H3,(H,34,38). The highest BCUT2D eigenvalue weighted by atomic mass is 32.2. The number of sulfonamides is 1. The molecule has 3 aliphatic rings. The Morgan fingerprint density at radius 3 is 2.52 bits per heavy atom. The SMILES string of the molecule is CC1(C)CC2CCCn3ccc(n3)S(=O)(=O)NC(=O)c3ccc(-n4ccc(OCCC5C(C)(C)C5(C)C)n4)nc3N1C2. The lowest BCUT2D eigenvalue weighted by Crippen LogP contribution is -2.41. The van der Waals surface area contributed by atoms with Crippen molar-refractivity contribution in [3.63, 3.8) is 0 Å². The van der Waals surface area contributed by atoms with Crippen molar-refractivity contribution in [2.75, 3.05) is 18.1 Å². The fourth-order valence-corrected chi connectivity index (χ4v) is 8.04. The van der Waals surface area contributed by atoms with Crippen LogP contribution in [0.25, 0.3) is 5.82 Å². The first-order chi connectivity index (χ1) is 19.7. The fraction of sp³-hybridized carbons (Fsp3) is 0.600. The van der Waals surface area contributed by atoms with Gasteiger partial charge in [-0.25, -0.2) is 14.4 Å². The molecule has 2 aliphatic heterocycles. The number of ether oxygens (including phenoxy) is 1. The van der Waals surface area contributed by atoms with Gasteiger partial charge < -0.3 is 9.64 Å². The van der Waals surface area contributed by atoms with E-state index in [1.165, 1.54) is 6.07 Å². The van der Waals surface area contributed by atoms with Gasteiger partial charge in [0.15, 0.2) is 10.8 Å². The minimum atomic E-state index is -4.16. The summed E-state index contributed by atoms with van der Waals surface area (Å²) in [5, 5.41) is 8.62. The summed E-state index contributed by atoms with van der Waals surface area (Å²) in [5.74, 6) is 1.72. The fourth-order valence-electron chi connectivity index (χ4n) is 7.13. The van der Waals surface area contributed by atoms with Gasteiger partial charge in [-0.3, -0.25) is 9.48 Å². The molecule has 4 bridgehead atoms. The molecular weight excluding hydrogens is 554 g/mol. The maximum Gasteiger partial charge on any atom is 0.283 e. The minimum Gasteiger partial charge on any atom is -0.477 e. The van der Waals surface area contributed by atoms with Crippen LogP contribution < -0.4 is 14.4 Å². The number of carbonyl (C=O) groups is 1. The van der Waals surface area contributed by atoms with Gasteiger partial charge in [0, 0.05) is 37.1 Å². The molecule has 6 rings (SSSR count). The molecule has 2 fully saturated rings. The molecule has 1 saturated heterocycles. The highest BCUT2D eigenvalue weighted by Crippen LogP contribution is 2.69. The van der Waals surface area contributed by atoms with E-state index in [0.717, 1.165) is 25.7 Å². The zero-order valence-electron chi connectivity index (χ0n) is 25.3. The Kier molecular flexibility index (Phi) is 6.71. The zero-order chi connectivity index (χ0) is 30.1. The van der Waals surface area contributed by atoms with Gasteiger partial charge >= 0.3 is 0 Å². The average molecular weight is 596 g/mol. The van der Waals surface area contributed by atoms with E-state index < -0.39 is 15.9 Å². The van der Waals surface area contributed by atoms with E-state index in [1.807, 2.05) is 6.07 Å². The maximum absolute atomic E-state index is 13.5. The Morgan fingerprint density at radius 2 is 1.79 bits per heavy atom. The first-order valence-electron chi connectivity index (χ1n) is 14.8. The van der Waals surface area contributed by atoms with Gasteiger partial charge in [-0.15, -0.1) is 5.10 Å². The number of hydrogen-bond acceptors (Lipinski definition) is 8. The lowest BCUT2D eigenvalue weighted by Gasteiger charge is -2.34. The number of fused-ring (bicyclic) bond motifs is 6. The molecule has 42 heavy (non-hydrogen) atoms. The van der Waals surface area contributed by atoms with Crippen molar-refractivity contribution in [2.45, 2.75) is 84.3 Å². The Hall–Kier alpha value is -3.41. The average Bonchev–Trinajstić information content (AvgIpc) is 3.50. The predicted octanol–water partition coefficient (Wildman–Crippen LogP) is 4.43. The van der Waals surface area contributed by atoms with Crippen molar-refractivity contribution in [3.8, 4) is 11.7 Å². The van der Waals surface area contributed by atoms with Gasteiger partial charge in [0.1, 0.15) is 5.82 Å². The summed E-state index contributed by atoms with van der Waals surface area (Å²) in [7, 11) is -4.16. The summed E-state index contributed by atoms with van der Waals surface area (Å²) in [6.07, 6.45) is 7.15. The van der Waals surface area contributed by atoms with Crippen LogP contribution in [0, 0.1) is 22.7 Å². The Balaban J connectivity index is 1.29. The van der Waals surface area contributed by atoms with E-state index in [4.69, 9.17) is 9.72 Å². The normalized spacial score (nSPS) is 24.0. The number of anilines is 1. The molecule has 12 heteroatoms. The number of pyridine rings is 1. The molecule has 1 N–H and O–H groups in total. The third-order valence-electron chi connectivity index (χ3n) is 10.2. The van der Waals surface area contributed by atoms with Gasteiger partial charge in [0.25, 0.3) is 15.9 Å². The lowest BCUT2D eigenvalue weighted by atomic mass is 9.93. The molecule has 1 aliphatic carbocycles. The van der Waals surface area contributed by atoms with Gasteiger partial charge in [0.05, 0.1) is 12.2 Å². The van der Waals surface area contributed by atoms with Gasteiger partial charge in [0.2, 0.25) is 5.88 Å². The van der Waals surface area contributed by atoms with E-state index in [2.05, 4.69) is 61.4 Å². The van der Waals surface area contributed by atoms with Crippen molar-refractivity contribution in [1.29, 1.82) is 0 Å². The van der Waals surface area contributed by atoms with Crippen molar-refractivity contribution < 1.29 is 17.9 Å². The molecule has 0 radical (unpaired) electrons. The molecule has 0 aromatic carbocycles. The Bertz CT molecular complexity index is 1610. The topological polar surface area (TPSA) is 124 Å². The maximum atomic E-state index is 13.5. The quantitative estimate of drug-likeness (QED) is 0.459. The van der Waals surface area contributed by atoms with E-state index in [0.29, 0.717) is 59.9 Å². The third kappa shape index (κ3) is 4.97. The first kappa shape index (κ1) is 28.7. The molecular formula is C30H41N7O4S. The third-order valence-corrected chi connectivity index (χ3v) is 11.4. The summed E-state index contributed by atoms with van der Waals surface area (Å²) in [6, 6.07) is 6.52. The predicted molar refractivity (Wildman–Crippen MR) is 158 cm³/mol. The Labute approximate surface area is 247 Å². The molecule has 226 valence electrons. The van der Waals surface area contributed by atoms with E-state index in [1.54, 1.807) is 33.9 Å². The van der Waals surface area contributed by atoms with Gasteiger partial charge in [-0.1, -0.05) is 27.7 Å². The lowest BCUT2D eigenvalue weighted by molar-refractivity contribution is 0.0981. The number of rotatable bonds is 5. The summed E-state index contributed by atoms with van der Waals surface area (Å²) < 4.78 is 37.5. The van der Waals surface area contributed by atoms with Crippen molar-refractivity contribution in [1.82, 2.24) is 29.3 Å². The van der Waals surface area contributed by atoms with Crippen LogP contribution in [-0.4, -0.2) is 57.6 Å². The first-order valence-corrected chi connectivity index (χ1v) is 16.3. The van der Waals surface area contributed by atoms with Crippen molar-refractivity contribution in [2.24, 2.45) is 22.7 Å². The van der Waals surface area contributed by atoms with Crippen molar-refractivity contribution in [3.05, 3.63) is 42.2 Å². The number of hydrogen-bond donors (Lipinski definition) is 1. The van der Waals surface area contributed by atoms with Crippen LogP contribution in [0.5, 0.6) is 5.88 Å². The molecule has 1 amide bonds. The van der Waals surface area contributed by atoms with Gasteiger partial charge in [-0.2, -0.15) is 13.5 Å². The molecule has 3 aromatic heterocycles. The molecule has 3 aromatic rings. The van der Waals surface area contributed by atoms with Crippen molar-refractivity contribution >= 4 is 21.7 Å². The minimum absolute atomic E-state index is 0.180. The van der Waals surface area contributed by atoms with Crippen LogP contribution in [0.3, 0.4) is 0 Å². The molecule has 1 atom stereocenters. The number of aromatic nitrogens is 5. The molecule has 5 heterocycles. The summed E-state index contributed by atoms with van der Waals surface area (Å²) >= 11 is 0. The smallest absolute Gasteiger partial charge is 0.283 e. The van der Waals surface area contributed by atoms with E-state index in [9.17, 15) is 13.2 Å². The Morgan fingerprint density at radius 1 is 1.02 bits per heavy atom. The van der Waals surface area contributed by atoms with E-state index in [-0.39, 0.29) is 16.1 Å². The molecule has 11 nitrogen and oxygen atoms in total. The molecule has 1 unspecified atom stereocenters. The second-order valence-electron chi connectivity index (χ2n) is 13.8. The number of carbonyl (C=O) groups excluding carboxylic acids is 1. The number of nitrogens with one attached hydrogen (secondary N) is 1. The highest BCUT2D eigenvalue weighted by molar-refractivity contribution is 7.90. The summed E-state index contributed by atoms with van der Waals surface area (Å²) in [6.45, 7) is 15.4. The van der Waals surface area contributed by atoms with Crippen LogP contribution >= 0.6 is 0 Å². The highest BCUT2D eigenvalue weighted by Gasteiger charge is 2.63. The van der Waals surface area contributed by atoms with Gasteiger partial charge in [-0.05, 0) is 80.4 Å². The monoisotopic (exact) mass is 595 g/mol.